The average molecular weight is 337 g/mol. The summed E-state index contributed by atoms with van der Waals surface area (Å²) in [5, 5.41) is 0. The van der Waals surface area contributed by atoms with Crippen molar-refractivity contribution < 1.29 is 26.3 Å². The second-order valence-electron chi connectivity index (χ2n) is 4.05. The van der Waals surface area contributed by atoms with E-state index in [0.717, 1.165) is 18.2 Å². The van der Waals surface area contributed by atoms with Crippen LogP contribution in [0.1, 0.15) is 5.56 Å². The third-order valence-corrected chi connectivity index (χ3v) is 3.93. The molecule has 21 heavy (non-hydrogen) atoms. The molecule has 0 fully saturated rings. The number of benzene rings is 2. The SMILES string of the molecule is O=S(=O)(Cl)c1ccc(OCc2ccc(F)cc2F)c(F)c1. The Bertz CT molecular complexity index is 778. The van der Waals surface area contributed by atoms with Crippen LogP contribution in [0.5, 0.6) is 5.75 Å². The molecule has 2 aromatic rings. The van der Waals surface area contributed by atoms with Crippen LogP contribution in [0.3, 0.4) is 0 Å². The molecule has 8 heteroatoms. The van der Waals surface area contributed by atoms with E-state index in [0.29, 0.717) is 12.1 Å². The van der Waals surface area contributed by atoms with E-state index in [1.807, 2.05) is 0 Å². The van der Waals surface area contributed by atoms with Crippen LogP contribution in [0.4, 0.5) is 13.2 Å². The van der Waals surface area contributed by atoms with Gasteiger partial charge in [-0.25, -0.2) is 21.6 Å². The Morgan fingerprint density at radius 3 is 2.29 bits per heavy atom. The van der Waals surface area contributed by atoms with Crippen molar-refractivity contribution >= 4 is 19.7 Å². The molecule has 0 spiro atoms. The molecular weight excluding hydrogens is 329 g/mol. The molecule has 3 nitrogen and oxygen atoms in total. The fourth-order valence-corrected chi connectivity index (χ4v) is 2.31. The Labute approximate surface area is 123 Å². The molecule has 0 aliphatic carbocycles. The summed E-state index contributed by atoms with van der Waals surface area (Å²) in [6, 6.07) is 5.70. The number of hydrogen-bond acceptors (Lipinski definition) is 3. The third kappa shape index (κ3) is 3.89. The van der Waals surface area contributed by atoms with Crippen molar-refractivity contribution in [1.82, 2.24) is 0 Å². The summed E-state index contributed by atoms with van der Waals surface area (Å²) in [6.07, 6.45) is 0. The molecule has 0 unspecified atom stereocenters. The van der Waals surface area contributed by atoms with Gasteiger partial charge in [-0.2, -0.15) is 0 Å². The van der Waals surface area contributed by atoms with Crippen molar-refractivity contribution in [3.63, 3.8) is 0 Å². The molecule has 0 heterocycles. The average Bonchev–Trinajstić information content (AvgIpc) is 2.38. The Morgan fingerprint density at radius 2 is 1.71 bits per heavy atom. The molecule has 2 rings (SSSR count). The number of halogens is 4. The zero-order valence-corrected chi connectivity index (χ0v) is 11.9. The Morgan fingerprint density at radius 1 is 1.00 bits per heavy atom. The highest BCUT2D eigenvalue weighted by molar-refractivity contribution is 8.13. The van der Waals surface area contributed by atoms with Crippen molar-refractivity contribution in [3.8, 4) is 5.75 Å². The van der Waals surface area contributed by atoms with Gasteiger partial charge in [-0.3, -0.25) is 0 Å². The maximum absolute atomic E-state index is 13.6. The summed E-state index contributed by atoms with van der Waals surface area (Å²) in [7, 11) is 1.03. The van der Waals surface area contributed by atoms with Crippen LogP contribution in [0.2, 0.25) is 0 Å². The zero-order chi connectivity index (χ0) is 15.6. The van der Waals surface area contributed by atoms with Gasteiger partial charge in [0.2, 0.25) is 0 Å². The lowest BCUT2D eigenvalue weighted by Gasteiger charge is -2.08. The smallest absolute Gasteiger partial charge is 0.261 e. The van der Waals surface area contributed by atoms with Crippen LogP contribution >= 0.6 is 10.7 Å². The molecule has 112 valence electrons. The van der Waals surface area contributed by atoms with E-state index in [1.54, 1.807) is 0 Å². The van der Waals surface area contributed by atoms with Crippen LogP contribution in [-0.2, 0) is 15.7 Å². The van der Waals surface area contributed by atoms with Crippen molar-refractivity contribution in [2.75, 3.05) is 0 Å². The van der Waals surface area contributed by atoms with E-state index < -0.39 is 31.4 Å². The summed E-state index contributed by atoms with van der Waals surface area (Å²) in [5.41, 5.74) is 0.0323. The minimum atomic E-state index is -4.05. The number of hydrogen-bond donors (Lipinski definition) is 0. The summed E-state index contributed by atoms with van der Waals surface area (Å²) >= 11 is 0. The van der Waals surface area contributed by atoms with E-state index in [-0.39, 0.29) is 17.9 Å². The molecule has 0 aliphatic heterocycles. The topological polar surface area (TPSA) is 43.4 Å². The maximum Gasteiger partial charge on any atom is 0.261 e. The molecule has 0 amide bonds. The summed E-state index contributed by atoms with van der Waals surface area (Å²) in [4.78, 5) is -0.415. The lowest BCUT2D eigenvalue weighted by Crippen LogP contribution is -2.01. The maximum atomic E-state index is 13.6. The molecule has 2 aromatic carbocycles. The first-order chi connectivity index (χ1) is 9.77. The van der Waals surface area contributed by atoms with Gasteiger partial charge in [-0.1, -0.05) is 0 Å². The second kappa shape index (κ2) is 5.95. The van der Waals surface area contributed by atoms with Gasteiger partial charge in [0.15, 0.2) is 11.6 Å². The van der Waals surface area contributed by atoms with Crippen molar-refractivity contribution in [2.45, 2.75) is 11.5 Å². The molecule has 0 radical (unpaired) electrons. The van der Waals surface area contributed by atoms with E-state index >= 15 is 0 Å². The first-order valence-electron chi connectivity index (χ1n) is 5.58. The molecule has 0 atom stereocenters. The summed E-state index contributed by atoms with van der Waals surface area (Å²) in [6.45, 7) is -0.337. The number of rotatable bonds is 4. The van der Waals surface area contributed by atoms with Gasteiger partial charge in [-0.05, 0) is 30.3 Å². The van der Waals surface area contributed by atoms with Crippen LogP contribution in [-0.4, -0.2) is 8.42 Å². The highest BCUT2D eigenvalue weighted by Crippen LogP contribution is 2.24. The van der Waals surface area contributed by atoms with Crippen LogP contribution < -0.4 is 4.74 Å². The fourth-order valence-electron chi connectivity index (χ4n) is 1.54. The lowest BCUT2D eigenvalue weighted by molar-refractivity contribution is 0.284. The molecule has 0 saturated heterocycles. The van der Waals surface area contributed by atoms with Gasteiger partial charge in [0.25, 0.3) is 9.05 Å². The van der Waals surface area contributed by atoms with Gasteiger partial charge < -0.3 is 4.74 Å². The largest absolute Gasteiger partial charge is 0.486 e. The van der Waals surface area contributed by atoms with Gasteiger partial charge >= 0.3 is 0 Å². The van der Waals surface area contributed by atoms with Gasteiger partial charge in [0.05, 0.1) is 4.90 Å². The van der Waals surface area contributed by atoms with Gasteiger partial charge in [-0.15, -0.1) is 0 Å². The normalized spacial score (nSPS) is 11.4. The van der Waals surface area contributed by atoms with Gasteiger partial charge in [0, 0.05) is 22.3 Å². The predicted octanol–water partition coefficient (Wildman–Crippen LogP) is 3.61. The molecule has 0 bridgehead atoms. The van der Waals surface area contributed by atoms with Crippen molar-refractivity contribution in [2.24, 2.45) is 0 Å². The Balaban J connectivity index is 2.17. The molecule has 0 aliphatic rings. The van der Waals surface area contributed by atoms with Gasteiger partial charge in [0.1, 0.15) is 18.2 Å². The highest BCUT2D eigenvalue weighted by Gasteiger charge is 2.14. The third-order valence-electron chi connectivity index (χ3n) is 2.58. The lowest BCUT2D eigenvalue weighted by atomic mass is 10.2. The minimum absolute atomic E-state index is 0.0323. The van der Waals surface area contributed by atoms with E-state index in [4.69, 9.17) is 15.4 Å². The van der Waals surface area contributed by atoms with E-state index in [1.165, 1.54) is 6.07 Å². The standard InChI is InChI=1S/C13H8ClF3O3S/c14-21(18,19)10-3-4-13(12(17)6-10)20-7-8-1-2-9(15)5-11(8)16/h1-6H,7H2. The fraction of sp³-hybridized carbons (Fsp3) is 0.0769. The summed E-state index contributed by atoms with van der Waals surface area (Å²) in [5.74, 6) is -2.79. The molecule has 0 aromatic heterocycles. The minimum Gasteiger partial charge on any atom is -0.486 e. The van der Waals surface area contributed by atoms with E-state index in [2.05, 4.69) is 0 Å². The van der Waals surface area contributed by atoms with Crippen molar-refractivity contribution in [1.29, 1.82) is 0 Å². The monoisotopic (exact) mass is 336 g/mol. The van der Waals surface area contributed by atoms with E-state index in [9.17, 15) is 21.6 Å². The Hall–Kier alpha value is -1.73. The predicted molar refractivity (Wildman–Crippen MR) is 70.1 cm³/mol. The first-order valence-corrected chi connectivity index (χ1v) is 7.89. The van der Waals surface area contributed by atoms with Crippen LogP contribution in [0.15, 0.2) is 41.3 Å². The van der Waals surface area contributed by atoms with Crippen LogP contribution in [0, 0.1) is 17.5 Å². The first kappa shape index (κ1) is 15.7. The molecule has 0 N–H and O–H groups in total. The zero-order valence-electron chi connectivity index (χ0n) is 10.3. The summed E-state index contributed by atoms with van der Waals surface area (Å²) < 4.78 is 66.8. The second-order valence-corrected chi connectivity index (χ2v) is 6.62. The molecular formula is C13H8ClF3O3S. The molecule has 0 saturated carbocycles. The van der Waals surface area contributed by atoms with Crippen LogP contribution in [0.25, 0.3) is 0 Å². The number of ether oxygens (including phenoxy) is 1. The highest BCUT2D eigenvalue weighted by atomic mass is 35.7. The van der Waals surface area contributed by atoms with Crippen molar-refractivity contribution in [3.05, 3.63) is 59.4 Å². The quantitative estimate of drug-likeness (QED) is 0.801. The Kier molecular flexibility index (Phi) is 4.43.